The molecule has 1 unspecified atom stereocenters. The molecular formula is C16H20N2O2. The van der Waals surface area contributed by atoms with Crippen LogP contribution in [-0.2, 0) is 4.79 Å². The van der Waals surface area contributed by atoms with E-state index in [4.69, 9.17) is 10.2 Å². The van der Waals surface area contributed by atoms with E-state index in [0.717, 1.165) is 17.0 Å². The third kappa shape index (κ3) is 3.63. The van der Waals surface area contributed by atoms with Crippen LogP contribution in [0.5, 0.6) is 0 Å². The minimum absolute atomic E-state index is 0.0122. The van der Waals surface area contributed by atoms with E-state index in [1.165, 1.54) is 0 Å². The van der Waals surface area contributed by atoms with Gasteiger partial charge in [-0.05, 0) is 42.7 Å². The molecule has 20 heavy (non-hydrogen) atoms. The highest BCUT2D eigenvalue weighted by Crippen LogP contribution is 2.21. The van der Waals surface area contributed by atoms with Gasteiger partial charge in [0.15, 0.2) is 0 Å². The number of benzene rings is 1. The lowest BCUT2D eigenvalue weighted by Crippen LogP contribution is -2.27. The normalized spacial score (nSPS) is 13.7. The van der Waals surface area contributed by atoms with E-state index in [1.54, 1.807) is 6.26 Å². The van der Waals surface area contributed by atoms with Gasteiger partial charge in [-0.1, -0.05) is 19.1 Å². The minimum atomic E-state index is -0.115. The molecule has 0 aliphatic carbocycles. The van der Waals surface area contributed by atoms with Crippen molar-refractivity contribution in [1.29, 1.82) is 0 Å². The Bertz CT molecular complexity index is 546. The third-order valence-electron chi connectivity index (χ3n) is 3.34. The van der Waals surface area contributed by atoms with Crippen LogP contribution in [0.1, 0.15) is 43.6 Å². The number of rotatable bonds is 5. The number of anilines is 1. The van der Waals surface area contributed by atoms with Gasteiger partial charge in [0.05, 0.1) is 12.3 Å². The molecule has 0 spiro atoms. The molecular weight excluding hydrogens is 252 g/mol. The second kappa shape index (κ2) is 6.28. The van der Waals surface area contributed by atoms with Crippen LogP contribution < -0.4 is 11.1 Å². The standard InChI is InChI=1S/C16H20N2O2/c1-11(13-5-7-14(17)8-6-13)10-16(19)18-12(2)15-4-3-9-20-15/h3-9,11-12H,10,17H2,1-2H3,(H,18,19)/t11?,12-/m0/s1. The molecule has 1 heterocycles. The predicted molar refractivity (Wildman–Crippen MR) is 79.2 cm³/mol. The van der Waals surface area contributed by atoms with Crippen molar-refractivity contribution in [3.05, 3.63) is 54.0 Å². The van der Waals surface area contributed by atoms with E-state index < -0.39 is 0 Å². The fraction of sp³-hybridized carbons (Fsp3) is 0.312. The number of furan rings is 1. The van der Waals surface area contributed by atoms with E-state index in [9.17, 15) is 4.79 Å². The van der Waals surface area contributed by atoms with Gasteiger partial charge in [0, 0.05) is 12.1 Å². The number of nitrogen functional groups attached to an aromatic ring is 1. The first-order valence-corrected chi connectivity index (χ1v) is 6.74. The molecule has 2 aromatic rings. The number of nitrogens with one attached hydrogen (secondary N) is 1. The summed E-state index contributed by atoms with van der Waals surface area (Å²) >= 11 is 0. The molecule has 106 valence electrons. The number of amides is 1. The lowest BCUT2D eigenvalue weighted by Gasteiger charge is -2.15. The zero-order valence-electron chi connectivity index (χ0n) is 11.8. The van der Waals surface area contributed by atoms with Crippen molar-refractivity contribution in [2.45, 2.75) is 32.2 Å². The first kappa shape index (κ1) is 14.2. The van der Waals surface area contributed by atoms with Crippen molar-refractivity contribution in [2.24, 2.45) is 0 Å². The summed E-state index contributed by atoms with van der Waals surface area (Å²) in [5, 5.41) is 2.94. The highest BCUT2D eigenvalue weighted by atomic mass is 16.3. The Morgan fingerprint density at radius 3 is 2.55 bits per heavy atom. The number of carbonyl (C=O) groups excluding carboxylic acids is 1. The monoisotopic (exact) mass is 272 g/mol. The Morgan fingerprint density at radius 1 is 1.25 bits per heavy atom. The maximum atomic E-state index is 12.0. The van der Waals surface area contributed by atoms with Crippen LogP contribution in [0.2, 0.25) is 0 Å². The molecule has 0 fully saturated rings. The minimum Gasteiger partial charge on any atom is -0.467 e. The number of hydrogen-bond donors (Lipinski definition) is 2. The SMILES string of the molecule is CC(CC(=O)N[C@@H](C)c1ccco1)c1ccc(N)cc1. The maximum absolute atomic E-state index is 12.0. The van der Waals surface area contributed by atoms with Crippen LogP contribution in [0.25, 0.3) is 0 Å². The van der Waals surface area contributed by atoms with Gasteiger partial charge in [0.25, 0.3) is 0 Å². The van der Waals surface area contributed by atoms with Gasteiger partial charge >= 0.3 is 0 Å². The van der Waals surface area contributed by atoms with Crippen molar-refractivity contribution in [1.82, 2.24) is 5.32 Å². The van der Waals surface area contributed by atoms with Crippen LogP contribution in [0.15, 0.2) is 47.1 Å². The topological polar surface area (TPSA) is 68.3 Å². The van der Waals surface area contributed by atoms with Gasteiger partial charge in [-0.15, -0.1) is 0 Å². The number of carbonyl (C=O) groups is 1. The predicted octanol–water partition coefficient (Wildman–Crippen LogP) is 3.23. The second-order valence-corrected chi connectivity index (χ2v) is 5.08. The molecule has 0 bridgehead atoms. The molecule has 4 heteroatoms. The maximum Gasteiger partial charge on any atom is 0.221 e. The van der Waals surface area contributed by atoms with E-state index in [1.807, 2.05) is 50.2 Å². The molecule has 1 aromatic heterocycles. The second-order valence-electron chi connectivity index (χ2n) is 5.08. The fourth-order valence-corrected chi connectivity index (χ4v) is 2.13. The summed E-state index contributed by atoms with van der Waals surface area (Å²) in [6, 6.07) is 11.2. The number of hydrogen-bond acceptors (Lipinski definition) is 3. The molecule has 0 aliphatic rings. The van der Waals surface area contributed by atoms with Crippen LogP contribution >= 0.6 is 0 Å². The van der Waals surface area contributed by atoms with Crippen molar-refractivity contribution < 1.29 is 9.21 Å². The molecule has 0 aliphatic heterocycles. The molecule has 0 saturated heterocycles. The summed E-state index contributed by atoms with van der Waals surface area (Å²) in [6.45, 7) is 3.94. The summed E-state index contributed by atoms with van der Waals surface area (Å²) in [6.07, 6.45) is 2.05. The summed E-state index contributed by atoms with van der Waals surface area (Å²) in [5.74, 6) is 0.927. The molecule has 1 aromatic carbocycles. The quantitative estimate of drug-likeness (QED) is 0.821. The van der Waals surface area contributed by atoms with Crippen molar-refractivity contribution in [2.75, 3.05) is 5.73 Å². The zero-order valence-corrected chi connectivity index (χ0v) is 11.8. The molecule has 4 nitrogen and oxygen atoms in total. The highest BCUT2D eigenvalue weighted by Gasteiger charge is 2.15. The molecule has 2 rings (SSSR count). The molecule has 1 amide bonds. The van der Waals surface area contributed by atoms with Crippen LogP contribution in [0.3, 0.4) is 0 Å². The van der Waals surface area contributed by atoms with Crippen molar-refractivity contribution in [3.63, 3.8) is 0 Å². The van der Waals surface area contributed by atoms with Gasteiger partial charge in [-0.2, -0.15) is 0 Å². The lowest BCUT2D eigenvalue weighted by molar-refractivity contribution is -0.122. The summed E-state index contributed by atoms with van der Waals surface area (Å²) < 4.78 is 5.27. The fourth-order valence-electron chi connectivity index (χ4n) is 2.13. The van der Waals surface area contributed by atoms with E-state index in [-0.39, 0.29) is 17.9 Å². The van der Waals surface area contributed by atoms with Gasteiger partial charge in [-0.3, -0.25) is 4.79 Å². The Kier molecular flexibility index (Phi) is 4.45. The molecule has 0 saturated carbocycles. The molecule has 2 atom stereocenters. The van der Waals surface area contributed by atoms with E-state index in [0.29, 0.717) is 6.42 Å². The Labute approximate surface area is 119 Å². The van der Waals surface area contributed by atoms with Crippen molar-refractivity contribution >= 4 is 11.6 Å². The average Bonchev–Trinajstić information content (AvgIpc) is 2.93. The van der Waals surface area contributed by atoms with Crippen LogP contribution in [0.4, 0.5) is 5.69 Å². The molecule has 0 radical (unpaired) electrons. The molecule has 3 N–H and O–H groups in total. The summed E-state index contributed by atoms with van der Waals surface area (Å²) in [4.78, 5) is 12.0. The first-order chi connectivity index (χ1) is 9.56. The van der Waals surface area contributed by atoms with Gasteiger partial charge < -0.3 is 15.5 Å². The third-order valence-corrected chi connectivity index (χ3v) is 3.34. The van der Waals surface area contributed by atoms with Gasteiger partial charge in [-0.25, -0.2) is 0 Å². The van der Waals surface area contributed by atoms with E-state index in [2.05, 4.69) is 5.32 Å². The first-order valence-electron chi connectivity index (χ1n) is 6.74. The Balaban J connectivity index is 1.89. The smallest absolute Gasteiger partial charge is 0.221 e. The number of nitrogens with two attached hydrogens (primary N) is 1. The lowest BCUT2D eigenvalue weighted by atomic mass is 9.97. The van der Waals surface area contributed by atoms with Crippen molar-refractivity contribution in [3.8, 4) is 0 Å². The zero-order chi connectivity index (χ0) is 14.5. The summed E-state index contributed by atoms with van der Waals surface area (Å²) in [5.41, 5.74) is 7.50. The van der Waals surface area contributed by atoms with Gasteiger partial charge in [0.1, 0.15) is 5.76 Å². The highest BCUT2D eigenvalue weighted by molar-refractivity contribution is 5.77. The van der Waals surface area contributed by atoms with Crippen LogP contribution in [-0.4, -0.2) is 5.91 Å². The largest absolute Gasteiger partial charge is 0.467 e. The van der Waals surface area contributed by atoms with E-state index >= 15 is 0 Å². The Hall–Kier alpha value is -2.23. The summed E-state index contributed by atoms with van der Waals surface area (Å²) in [7, 11) is 0. The van der Waals surface area contributed by atoms with Gasteiger partial charge in [0.2, 0.25) is 5.91 Å². The average molecular weight is 272 g/mol. The van der Waals surface area contributed by atoms with Crippen LogP contribution in [0, 0.1) is 0 Å². The Morgan fingerprint density at radius 2 is 1.95 bits per heavy atom.